The average Bonchev–Trinajstić information content (AvgIpc) is 3.14. The lowest BCUT2D eigenvalue weighted by molar-refractivity contribution is -0.117. The molecule has 7 nitrogen and oxygen atoms in total. The topological polar surface area (TPSA) is 90.5 Å². The van der Waals surface area contributed by atoms with Gasteiger partial charge in [0.15, 0.2) is 0 Å². The molecule has 2 aromatic carbocycles. The number of urea groups is 1. The maximum atomic E-state index is 12.5. The van der Waals surface area contributed by atoms with Crippen LogP contribution < -0.4 is 20.9 Å². The van der Waals surface area contributed by atoms with E-state index < -0.39 is 0 Å². The van der Waals surface area contributed by atoms with E-state index in [1.54, 1.807) is 53.4 Å². The molecule has 1 fully saturated rings. The Morgan fingerprint density at radius 3 is 2.43 bits per heavy atom. The second kappa shape index (κ2) is 8.85. The van der Waals surface area contributed by atoms with Gasteiger partial charge in [0.25, 0.3) is 5.91 Å². The van der Waals surface area contributed by atoms with Gasteiger partial charge in [-0.1, -0.05) is 12.1 Å². The van der Waals surface area contributed by atoms with Crippen LogP contribution in [0.5, 0.6) is 0 Å². The zero-order valence-electron chi connectivity index (χ0n) is 15.4. The summed E-state index contributed by atoms with van der Waals surface area (Å²) in [5.41, 5.74) is 2.42. The molecule has 7 heteroatoms. The van der Waals surface area contributed by atoms with Gasteiger partial charge in [0.2, 0.25) is 5.91 Å². The second-order valence-corrected chi connectivity index (χ2v) is 6.35. The van der Waals surface area contributed by atoms with Crippen LogP contribution in [0.2, 0.25) is 0 Å². The van der Waals surface area contributed by atoms with Gasteiger partial charge in [0, 0.05) is 42.1 Å². The van der Waals surface area contributed by atoms with Crippen LogP contribution in [0.1, 0.15) is 23.2 Å². The Balaban J connectivity index is 1.62. The van der Waals surface area contributed by atoms with Gasteiger partial charge in [-0.3, -0.25) is 9.59 Å². The molecule has 28 heavy (non-hydrogen) atoms. The van der Waals surface area contributed by atoms with Gasteiger partial charge in [-0.15, -0.1) is 6.58 Å². The van der Waals surface area contributed by atoms with Crippen molar-refractivity contribution < 1.29 is 14.4 Å². The van der Waals surface area contributed by atoms with Crippen molar-refractivity contribution in [1.82, 2.24) is 5.32 Å². The molecule has 144 valence electrons. The van der Waals surface area contributed by atoms with Gasteiger partial charge < -0.3 is 20.9 Å². The molecular formula is C21H22N4O3. The van der Waals surface area contributed by atoms with E-state index in [1.165, 1.54) is 0 Å². The number of anilines is 3. The van der Waals surface area contributed by atoms with Gasteiger partial charge in [0.1, 0.15) is 0 Å². The third kappa shape index (κ3) is 4.76. The Bertz CT molecular complexity index is 893. The highest BCUT2D eigenvalue weighted by molar-refractivity contribution is 6.05. The summed E-state index contributed by atoms with van der Waals surface area (Å²) in [5, 5.41) is 8.12. The fourth-order valence-electron chi connectivity index (χ4n) is 2.92. The van der Waals surface area contributed by atoms with Crippen molar-refractivity contribution in [2.45, 2.75) is 12.8 Å². The van der Waals surface area contributed by atoms with Gasteiger partial charge in [-0.05, 0) is 48.9 Å². The summed E-state index contributed by atoms with van der Waals surface area (Å²) in [7, 11) is 0. The Morgan fingerprint density at radius 1 is 1.07 bits per heavy atom. The quantitative estimate of drug-likeness (QED) is 0.673. The molecule has 3 N–H and O–H groups in total. The van der Waals surface area contributed by atoms with E-state index in [0.717, 1.165) is 12.1 Å². The molecule has 0 saturated carbocycles. The number of nitrogens with one attached hydrogen (secondary N) is 3. The van der Waals surface area contributed by atoms with Crippen LogP contribution >= 0.6 is 0 Å². The fourth-order valence-corrected chi connectivity index (χ4v) is 2.92. The number of hydrogen-bond acceptors (Lipinski definition) is 3. The molecule has 1 aliphatic rings. The zero-order chi connectivity index (χ0) is 19.9. The number of amides is 4. The Labute approximate surface area is 163 Å². The lowest BCUT2D eigenvalue weighted by Crippen LogP contribution is -2.28. The molecule has 1 heterocycles. The maximum Gasteiger partial charge on any atom is 0.319 e. The lowest BCUT2D eigenvalue weighted by Gasteiger charge is -2.16. The Morgan fingerprint density at radius 2 is 1.79 bits per heavy atom. The molecule has 0 aliphatic carbocycles. The highest BCUT2D eigenvalue weighted by Gasteiger charge is 2.22. The van der Waals surface area contributed by atoms with E-state index in [4.69, 9.17) is 0 Å². The highest BCUT2D eigenvalue weighted by atomic mass is 16.2. The van der Waals surface area contributed by atoms with Gasteiger partial charge in [-0.25, -0.2) is 4.79 Å². The van der Waals surface area contributed by atoms with Crippen molar-refractivity contribution in [2.75, 3.05) is 28.6 Å². The zero-order valence-corrected chi connectivity index (χ0v) is 15.4. The minimum Gasteiger partial charge on any atom is -0.334 e. The normalized spacial score (nSPS) is 13.1. The second-order valence-electron chi connectivity index (χ2n) is 6.35. The predicted molar refractivity (Wildman–Crippen MR) is 110 cm³/mol. The summed E-state index contributed by atoms with van der Waals surface area (Å²) in [5.74, 6) is -0.185. The monoisotopic (exact) mass is 378 g/mol. The molecule has 0 aromatic heterocycles. The standard InChI is InChI=1S/C21H22N4O3/c1-2-12-22-21(28)24-17-10-8-16(9-11-17)23-20(27)15-5-3-6-18(14-15)25-13-4-7-19(25)26/h2-3,5-6,8-11,14H,1,4,7,12-13H2,(H,23,27)(H2,22,24,28). The smallest absolute Gasteiger partial charge is 0.319 e. The average molecular weight is 378 g/mol. The van der Waals surface area contributed by atoms with Crippen LogP contribution in [0.3, 0.4) is 0 Å². The third-order valence-electron chi connectivity index (χ3n) is 4.30. The van der Waals surface area contributed by atoms with Gasteiger partial charge in [-0.2, -0.15) is 0 Å². The van der Waals surface area contributed by atoms with E-state index in [9.17, 15) is 14.4 Å². The first-order valence-electron chi connectivity index (χ1n) is 9.04. The Kier molecular flexibility index (Phi) is 6.06. The van der Waals surface area contributed by atoms with Gasteiger partial charge in [0.05, 0.1) is 0 Å². The molecule has 3 rings (SSSR count). The van der Waals surface area contributed by atoms with Crippen molar-refractivity contribution in [1.29, 1.82) is 0 Å². The number of carbonyl (C=O) groups excluding carboxylic acids is 3. The largest absolute Gasteiger partial charge is 0.334 e. The fraction of sp³-hybridized carbons (Fsp3) is 0.190. The Hall–Kier alpha value is -3.61. The summed E-state index contributed by atoms with van der Waals surface area (Å²) in [6.07, 6.45) is 2.97. The highest BCUT2D eigenvalue weighted by Crippen LogP contribution is 2.23. The first-order valence-corrected chi connectivity index (χ1v) is 9.04. The molecule has 0 unspecified atom stereocenters. The van der Waals surface area contributed by atoms with E-state index in [2.05, 4.69) is 22.5 Å². The predicted octanol–water partition coefficient (Wildman–Crippen LogP) is 3.37. The molecule has 0 atom stereocenters. The molecule has 1 aliphatic heterocycles. The van der Waals surface area contributed by atoms with E-state index in [-0.39, 0.29) is 17.8 Å². The van der Waals surface area contributed by atoms with E-state index >= 15 is 0 Å². The van der Waals surface area contributed by atoms with Crippen LogP contribution in [0.4, 0.5) is 21.9 Å². The van der Waals surface area contributed by atoms with Crippen molar-refractivity contribution >= 4 is 34.9 Å². The number of benzene rings is 2. The summed E-state index contributed by atoms with van der Waals surface area (Å²) in [6, 6.07) is 13.5. The van der Waals surface area contributed by atoms with Crippen molar-refractivity contribution in [3.63, 3.8) is 0 Å². The van der Waals surface area contributed by atoms with Crippen LogP contribution in [0, 0.1) is 0 Å². The molecule has 2 aromatic rings. The molecule has 0 bridgehead atoms. The SMILES string of the molecule is C=CCNC(=O)Nc1ccc(NC(=O)c2cccc(N3CCCC3=O)c2)cc1. The molecule has 0 spiro atoms. The molecular weight excluding hydrogens is 356 g/mol. The van der Waals surface area contributed by atoms with Crippen molar-refractivity contribution in [2.24, 2.45) is 0 Å². The first kappa shape index (κ1) is 19.2. The van der Waals surface area contributed by atoms with E-state index in [1.807, 2.05) is 6.07 Å². The van der Waals surface area contributed by atoms with Crippen LogP contribution in [-0.4, -0.2) is 30.9 Å². The number of nitrogens with zero attached hydrogens (tertiary/aromatic N) is 1. The summed E-state index contributed by atoms with van der Waals surface area (Å²) in [6.45, 7) is 4.59. The van der Waals surface area contributed by atoms with Crippen LogP contribution in [-0.2, 0) is 4.79 Å². The number of hydrogen-bond donors (Lipinski definition) is 3. The van der Waals surface area contributed by atoms with E-state index in [0.29, 0.717) is 36.4 Å². The lowest BCUT2D eigenvalue weighted by atomic mass is 10.1. The van der Waals surface area contributed by atoms with Crippen molar-refractivity contribution in [3.05, 3.63) is 66.7 Å². The summed E-state index contributed by atoms with van der Waals surface area (Å²) in [4.78, 5) is 37.8. The third-order valence-corrected chi connectivity index (χ3v) is 4.30. The first-order chi connectivity index (χ1) is 13.6. The maximum absolute atomic E-state index is 12.5. The molecule has 4 amide bonds. The molecule has 1 saturated heterocycles. The van der Waals surface area contributed by atoms with Crippen LogP contribution in [0.15, 0.2) is 61.2 Å². The number of carbonyl (C=O) groups is 3. The summed E-state index contributed by atoms with van der Waals surface area (Å²) < 4.78 is 0. The molecule has 0 radical (unpaired) electrons. The van der Waals surface area contributed by atoms with Crippen molar-refractivity contribution in [3.8, 4) is 0 Å². The minimum atomic E-state index is -0.329. The van der Waals surface area contributed by atoms with Crippen LogP contribution in [0.25, 0.3) is 0 Å². The summed E-state index contributed by atoms with van der Waals surface area (Å²) >= 11 is 0. The minimum absolute atomic E-state index is 0.0813. The van der Waals surface area contributed by atoms with Gasteiger partial charge >= 0.3 is 6.03 Å². The number of rotatable bonds is 6.